The van der Waals surface area contributed by atoms with E-state index in [0.29, 0.717) is 19.3 Å². The molecule has 0 fully saturated rings. The molecular formula is C64H121O11P. The SMILES string of the molecule is CCCCC/C=C\C/C=C\CCCCCCCCCC(=O)OC(COC(=O)CCCCCCCCCCCCCCCCCCCCC)COP(=O)(O)OCC(CO)OC(=O)CCCCCCCCCCCCCCC. The number of allylic oxidation sites excluding steroid dienone is 4. The Hall–Kier alpha value is -2.04. The molecule has 0 aromatic rings. The van der Waals surface area contributed by atoms with Crippen molar-refractivity contribution in [3.63, 3.8) is 0 Å². The average molecular weight is 1100 g/mol. The maximum absolute atomic E-state index is 12.9. The fourth-order valence-electron chi connectivity index (χ4n) is 9.45. The number of hydrogen-bond acceptors (Lipinski definition) is 10. The molecule has 0 spiro atoms. The predicted octanol–water partition coefficient (Wildman–Crippen LogP) is 19.4. The molecule has 0 aromatic heterocycles. The lowest BCUT2D eigenvalue weighted by Crippen LogP contribution is -2.30. The van der Waals surface area contributed by atoms with E-state index < -0.39 is 57.8 Å². The second kappa shape index (κ2) is 59.1. The number of carbonyl (C=O) groups is 3. The van der Waals surface area contributed by atoms with E-state index in [4.69, 9.17) is 23.3 Å². The van der Waals surface area contributed by atoms with Gasteiger partial charge in [0.25, 0.3) is 0 Å². The van der Waals surface area contributed by atoms with Gasteiger partial charge in [0, 0.05) is 19.3 Å². The fraction of sp³-hybridized carbons (Fsp3) is 0.891. The van der Waals surface area contributed by atoms with Gasteiger partial charge in [-0.15, -0.1) is 0 Å². The Kier molecular flexibility index (Phi) is 57.5. The molecule has 0 amide bonds. The number of aliphatic hydroxyl groups is 1. The van der Waals surface area contributed by atoms with E-state index in [9.17, 15) is 28.9 Å². The van der Waals surface area contributed by atoms with Crippen LogP contribution >= 0.6 is 7.82 Å². The van der Waals surface area contributed by atoms with E-state index in [1.807, 2.05) is 0 Å². The minimum atomic E-state index is -4.75. The van der Waals surface area contributed by atoms with Crippen molar-refractivity contribution < 1.29 is 52.2 Å². The first-order valence-corrected chi connectivity index (χ1v) is 33.7. The van der Waals surface area contributed by atoms with E-state index in [1.54, 1.807) is 0 Å². The monoisotopic (exact) mass is 1100 g/mol. The summed E-state index contributed by atoms with van der Waals surface area (Å²) in [5.41, 5.74) is 0. The molecule has 2 N–H and O–H groups in total. The quantitative estimate of drug-likeness (QED) is 0.0197. The normalized spacial score (nSPS) is 13.4. The van der Waals surface area contributed by atoms with E-state index in [1.165, 1.54) is 193 Å². The first-order chi connectivity index (χ1) is 37.2. The van der Waals surface area contributed by atoms with Gasteiger partial charge in [-0.1, -0.05) is 283 Å². The fourth-order valence-corrected chi connectivity index (χ4v) is 10.2. The summed E-state index contributed by atoms with van der Waals surface area (Å²) >= 11 is 0. The average Bonchev–Trinajstić information content (AvgIpc) is 3.41. The number of phosphoric acid groups is 1. The molecule has 76 heavy (non-hydrogen) atoms. The Morgan fingerprint density at radius 3 is 1.00 bits per heavy atom. The lowest BCUT2D eigenvalue weighted by molar-refractivity contribution is -0.161. The van der Waals surface area contributed by atoms with Gasteiger partial charge < -0.3 is 24.2 Å². The molecule has 0 saturated heterocycles. The molecule has 3 atom stereocenters. The van der Waals surface area contributed by atoms with Crippen LogP contribution in [0.1, 0.15) is 329 Å². The van der Waals surface area contributed by atoms with Crippen LogP contribution < -0.4 is 0 Å². The predicted molar refractivity (Wildman–Crippen MR) is 316 cm³/mol. The number of rotatable bonds is 61. The van der Waals surface area contributed by atoms with Gasteiger partial charge in [0.1, 0.15) is 12.7 Å². The Bertz CT molecular complexity index is 1370. The highest BCUT2D eigenvalue weighted by molar-refractivity contribution is 7.47. The molecule has 448 valence electrons. The van der Waals surface area contributed by atoms with Crippen LogP contribution in [0.2, 0.25) is 0 Å². The van der Waals surface area contributed by atoms with Crippen molar-refractivity contribution in [3.8, 4) is 0 Å². The van der Waals surface area contributed by atoms with E-state index >= 15 is 0 Å². The van der Waals surface area contributed by atoms with Gasteiger partial charge >= 0.3 is 25.7 Å². The first-order valence-electron chi connectivity index (χ1n) is 32.2. The van der Waals surface area contributed by atoms with E-state index in [-0.39, 0.29) is 25.9 Å². The molecule has 3 unspecified atom stereocenters. The van der Waals surface area contributed by atoms with Crippen LogP contribution in [0, 0.1) is 0 Å². The molecule has 11 nitrogen and oxygen atoms in total. The molecule has 0 aliphatic heterocycles. The molecule has 0 rings (SSSR count). The summed E-state index contributed by atoms with van der Waals surface area (Å²) in [6.45, 7) is 4.69. The molecule has 0 aromatic carbocycles. The van der Waals surface area contributed by atoms with Crippen LogP contribution in [0.25, 0.3) is 0 Å². The van der Waals surface area contributed by atoms with Gasteiger partial charge in [-0.05, 0) is 51.4 Å². The maximum Gasteiger partial charge on any atom is 0.472 e. The molecule has 0 saturated carbocycles. The Morgan fingerprint density at radius 1 is 0.368 bits per heavy atom. The summed E-state index contributed by atoms with van der Waals surface area (Å²) in [4.78, 5) is 48.7. The van der Waals surface area contributed by atoms with Gasteiger partial charge in [-0.25, -0.2) is 4.57 Å². The van der Waals surface area contributed by atoms with Crippen LogP contribution in [0.5, 0.6) is 0 Å². The third-order valence-corrected chi connectivity index (χ3v) is 15.3. The summed E-state index contributed by atoms with van der Waals surface area (Å²) in [6, 6.07) is 0. The Labute approximate surface area is 468 Å². The van der Waals surface area contributed by atoms with Gasteiger partial charge in [0.15, 0.2) is 6.10 Å². The molecule has 0 radical (unpaired) electrons. The highest BCUT2D eigenvalue weighted by Crippen LogP contribution is 2.43. The van der Waals surface area contributed by atoms with Gasteiger partial charge in [0.05, 0.1) is 19.8 Å². The molecule has 0 aliphatic carbocycles. The zero-order valence-electron chi connectivity index (χ0n) is 49.7. The minimum absolute atomic E-state index is 0.164. The third-order valence-electron chi connectivity index (χ3n) is 14.4. The number of esters is 3. The standard InChI is InChI=1S/C64H121O11P/c1-4-7-10-13-16-19-22-25-27-29-30-32-33-36-38-41-44-47-50-53-62(66)71-57-61(75-64(68)55-52-49-46-43-40-37-34-31-28-26-23-20-17-14-11-8-5-2)59-73-76(69,70)72-58-60(56-65)74-63(67)54-51-48-45-42-39-35-24-21-18-15-12-9-6-3/h17,20,26,28,60-61,65H,4-16,18-19,21-25,27,29-59H2,1-3H3,(H,69,70)/b20-17-,28-26-. The smallest absolute Gasteiger partial charge is 0.462 e. The molecule has 0 aliphatic rings. The van der Waals surface area contributed by atoms with Crippen molar-refractivity contribution in [2.24, 2.45) is 0 Å². The lowest BCUT2D eigenvalue weighted by atomic mass is 10.0. The maximum atomic E-state index is 12.9. The van der Waals surface area contributed by atoms with Crippen molar-refractivity contribution in [1.82, 2.24) is 0 Å². The number of hydrogen-bond donors (Lipinski definition) is 2. The van der Waals surface area contributed by atoms with Crippen LogP contribution in [0.3, 0.4) is 0 Å². The second-order valence-corrected chi connectivity index (χ2v) is 23.4. The Morgan fingerprint density at radius 2 is 0.645 bits per heavy atom. The third kappa shape index (κ3) is 56.7. The zero-order valence-corrected chi connectivity index (χ0v) is 50.6. The summed E-state index contributed by atoms with van der Waals surface area (Å²) in [6.07, 6.45) is 61.3. The van der Waals surface area contributed by atoms with E-state index in [2.05, 4.69) is 45.1 Å². The zero-order chi connectivity index (χ0) is 55.5. The van der Waals surface area contributed by atoms with Gasteiger partial charge in [0.2, 0.25) is 0 Å². The molecule has 12 heteroatoms. The summed E-state index contributed by atoms with van der Waals surface area (Å²) in [7, 11) is -4.75. The van der Waals surface area contributed by atoms with Crippen molar-refractivity contribution in [1.29, 1.82) is 0 Å². The lowest BCUT2D eigenvalue weighted by Gasteiger charge is -2.21. The van der Waals surface area contributed by atoms with Crippen molar-refractivity contribution in [2.75, 3.05) is 26.4 Å². The van der Waals surface area contributed by atoms with Crippen LogP contribution in [-0.4, -0.2) is 66.5 Å². The van der Waals surface area contributed by atoms with Gasteiger partial charge in [-0.3, -0.25) is 23.4 Å². The second-order valence-electron chi connectivity index (χ2n) is 21.9. The highest BCUT2D eigenvalue weighted by atomic mass is 31.2. The summed E-state index contributed by atoms with van der Waals surface area (Å²) in [5, 5.41) is 9.83. The summed E-state index contributed by atoms with van der Waals surface area (Å²) < 4.78 is 39.7. The number of unbranched alkanes of at least 4 members (excludes halogenated alkanes) is 40. The topological polar surface area (TPSA) is 155 Å². The number of aliphatic hydroxyl groups excluding tert-OH is 1. The summed E-state index contributed by atoms with van der Waals surface area (Å²) in [5.74, 6) is -1.44. The van der Waals surface area contributed by atoms with Crippen LogP contribution in [0.15, 0.2) is 24.3 Å². The number of phosphoric ester groups is 1. The van der Waals surface area contributed by atoms with E-state index in [0.717, 1.165) is 77.0 Å². The molecule has 0 bridgehead atoms. The number of ether oxygens (including phenoxy) is 3. The van der Waals surface area contributed by atoms with Crippen LogP contribution in [0.4, 0.5) is 0 Å². The Balaban J connectivity index is 4.66. The number of carbonyl (C=O) groups excluding carboxylic acids is 3. The van der Waals surface area contributed by atoms with Crippen molar-refractivity contribution in [3.05, 3.63) is 24.3 Å². The minimum Gasteiger partial charge on any atom is -0.462 e. The van der Waals surface area contributed by atoms with Crippen LogP contribution in [-0.2, 0) is 42.2 Å². The largest absolute Gasteiger partial charge is 0.472 e. The highest BCUT2D eigenvalue weighted by Gasteiger charge is 2.28. The van der Waals surface area contributed by atoms with Crippen molar-refractivity contribution >= 4 is 25.7 Å². The first kappa shape index (κ1) is 74.0. The molecular weight excluding hydrogens is 976 g/mol. The van der Waals surface area contributed by atoms with Gasteiger partial charge in [-0.2, -0.15) is 0 Å². The molecule has 0 heterocycles. The van der Waals surface area contributed by atoms with Crippen molar-refractivity contribution in [2.45, 2.75) is 341 Å².